The second kappa shape index (κ2) is 6.07. The lowest BCUT2D eigenvalue weighted by Gasteiger charge is -2.36. The molecule has 0 unspecified atom stereocenters. The highest BCUT2D eigenvalue weighted by Crippen LogP contribution is 2.23. The largest absolute Gasteiger partial charge is 0.345 e. The molecule has 1 aromatic heterocycles. The van der Waals surface area contributed by atoms with Gasteiger partial charge in [-0.3, -0.25) is 14.9 Å². The zero-order valence-electron chi connectivity index (χ0n) is 12.6. The van der Waals surface area contributed by atoms with Crippen molar-refractivity contribution >= 4 is 17.4 Å². The van der Waals surface area contributed by atoms with Gasteiger partial charge in [0.1, 0.15) is 12.0 Å². The predicted molar refractivity (Wildman–Crippen MR) is 79.3 cm³/mol. The van der Waals surface area contributed by atoms with Gasteiger partial charge in [0.25, 0.3) is 5.69 Å². The minimum absolute atomic E-state index is 0.0268. The molecule has 1 aliphatic heterocycles. The molecule has 1 aliphatic rings. The fourth-order valence-corrected chi connectivity index (χ4v) is 2.51. The van der Waals surface area contributed by atoms with Crippen molar-refractivity contribution in [3.05, 3.63) is 27.9 Å². The molecule has 7 nitrogen and oxygen atoms in total. The van der Waals surface area contributed by atoms with Gasteiger partial charge in [0.2, 0.25) is 5.91 Å². The molecular formula is C14H20N4O3. The molecule has 21 heavy (non-hydrogen) atoms. The number of piperazine rings is 1. The number of carbonyl (C=O) groups is 1. The molecular weight excluding hydrogens is 272 g/mol. The number of aromatic nitrogens is 1. The summed E-state index contributed by atoms with van der Waals surface area (Å²) < 4.78 is 0. The summed E-state index contributed by atoms with van der Waals surface area (Å²) >= 11 is 0. The molecule has 1 amide bonds. The van der Waals surface area contributed by atoms with E-state index in [0.717, 1.165) is 6.54 Å². The highest BCUT2D eigenvalue weighted by molar-refractivity contribution is 5.82. The first-order valence-corrected chi connectivity index (χ1v) is 7.02. The average molecular weight is 292 g/mol. The molecule has 1 aromatic rings. The molecule has 2 heterocycles. The standard InChI is InChI=1S/C14H20N4O3/c1-10(2)8-16-4-5-17(9-13(16)19)14-11(3)6-12(7-15-14)18(20)21/h6-7,10H,4-5,8-9H2,1-3H3. The van der Waals surface area contributed by atoms with Crippen molar-refractivity contribution in [3.63, 3.8) is 0 Å². The van der Waals surface area contributed by atoms with Crippen LogP contribution < -0.4 is 4.90 Å². The molecule has 2 rings (SSSR count). The number of anilines is 1. The Bertz CT molecular complexity index is 559. The summed E-state index contributed by atoms with van der Waals surface area (Å²) in [6.45, 7) is 8.35. The first kappa shape index (κ1) is 15.2. The monoisotopic (exact) mass is 292 g/mol. The Morgan fingerprint density at radius 3 is 2.67 bits per heavy atom. The molecule has 0 spiro atoms. The van der Waals surface area contributed by atoms with E-state index in [1.54, 1.807) is 6.92 Å². The molecule has 0 aliphatic carbocycles. The SMILES string of the molecule is Cc1cc([N+](=O)[O-])cnc1N1CCN(CC(C)C)C(=O)C1. The summed E-state index contributed by atoms with van der Waals surface area (Å²) in [7, 11) is 0. The quantitative estimate of drug-likeness (QED) is 0.622. The first-order valence-electron chi connectivity index (χ1n) is 7.02. The normalized spacial score (nSPS) is 15.7. The molecule has 0 aromatic carbocycles. The van der Waals surface area contributed by atoms with Crippen molar-refractivity contribution < 1.29 is 9.72 Å². The number of nitro groups is 1. The van der Waals surface area contributed by atoms with Gasteiger partial charge in [-0.25, -0.2) is 4.98 Å². The van der Waals surface area contributed by atoms with Crippen molar-refractivity contribution in [2.45, 2.75) is 20.8 Å². The minimum Gasteiger partial charge on any atom is -0.345 e. The zero-order chi connectivity index (χ0) is 15.6. The van der Waals surface area contributed by atoms with E-state index in [1.165, 1.54) is 12.3 Å². The van der Waals surface area contributed by atoms with Gasteiger partial charge in [0.05, 0.1) is 11.5 Å². The van der Waals surface area contributed by atoms with Gasteiger partial charge in [-0.15, -0.1) is 0 Å². The van der Waals surface area contributed by atoms with Gasteiger partial charge >= 0.3 is 0 Å². The third-order valence-corrected chi connectivity index (χ3v) is 3.45. The minimum atomic E-state index is -0.463. The van der Waals surface area contributed by atoms with Crippen LogP contribution in [0, 0.1) is 23.0 Å². The maximum Gasteiger partial charge on any atom is 0.287 e. The molecule has 1 saturated heterocycles. The van der Waals surface area contributed by atoms with Crippen LogP contribution in [0.3, 0.4) is 0 Å². The van der Waals surface area contributed by atoms with Crippen LogP contribution >= 0.6 is 0 Å². The van der Waals surface area contributed by atoms with Gasteiger partial charge in [-0.05, 0) is 18.4 Å². The van der Waals surface area contributed by atoms with Crippen molar-refractivity contribution in [3.8, 4) is 0 Å². The summed E-state index contributed by atoms with van der Waals surface area (Å²) in [6.07, 6.45) is 1.24. The Morgan fingerprint density at radius 2 is 2.14 bits per heavy atom. The summed E-state index contributed by atoms with van der Waals surface area (Å²) in [6, 6.07) is 1.49. The van der Waals surface area contributed by atoms with Crippen LogP contribution in [0.2, 0.25) is 0 Å². The number of hydrogen-bond donors (Lipinski definition) is 0. The van der Waals surface area contributed by atoms with Crippen LogP contribution in [0.4, 0.5) is 11.5 Å². The average Bonchev–Trinajstić information content (AvgIpc) is 2.40. The summed E-state index contributed by atoms with van der Waals surface area (Å²) in [5.74, 6) is 1.17. The third-order valence-electron chi connectivity index (χ3n) is 3.45. The van der Waals surface area contributed by atoms with Crippen molar-refractivity contribution in [1.82, 2.24) is 9.88 Å². The van der Waals surface area contributed by atoms with E-state index < -0.39 is 4.92 Å². The van der Waals surface area contributed by atoms with Gasteiger partial charge < -0.3 is 9.80 Å². The van der Waals surface area contributed by atoms with Crippen LogP contribution in [0.1, 0.15) is 19.4 Å². The van der Waals surface area contributed by atoms with E-state index >= 15 is 0 Å². The Kier molecular flexibility index (Phi) is 4.40. The highest BCUT2D eigenvalue weighted by Gasteiger charge is 2.26. The number of amides is 1. The molecule has 1 fully saturated rings. The van der Waals surface area contributed by atoms with Crippen molar-refractivity contribution in [2.24, 2.45) is 5.92 Å². The number of pyridine rings is 1. The maximum atomic E-state index is 12.1. The predicted octanol–water partition coefficient (Wildman–Crippen LogP) is 1.60. The highest BCUT2D eigenvalue weighted by atomic mass is 16.6. The van der Waals surface area contributed by atoms with E-state index in [1.807, 2.05) is 9.80 Å². The Labute approximate surface area is 123 Å². The van der Waals surface area contributed by atoms with Crippen molar-refractivity contribution in [2.75, 3.05) is 31.1 Å². The van der Waals surface area contributed by atoms with Gasteiger partial charge in [0, 0.05) is 25.7 Å². The lowest BCUT2D eigenvalue weighted by Crippen LogP contribution is -2.51. The second-order valence-electron chi connectivity index (χ2n) is 5.75. The topological polar surface area (TPSA) is 79.6 Å². The van der Waals surface area contributed by atoms with Crippen LogP contribution in [0.25, 0.3) is 0 Å². The van der Waals surface area contributed by atoms with Gasteiger partial charge in [-0.2, -0.15) is 0 Å². The number of nitrogens with zero attached hydrogens (tertiary/aromatic N) is 4. The Morgan fingerprint density at radius 1 is 1.43 bits per heavy atom. The Balaban J connectivity index is 2.11. The van der Waals surface area contributed by atoms with E-state index in [4.69, 9.17) is 0 Å². The van der Waals surface area contributed by atoms with Crippen LogP contribution in [0.15, 0.2) is 12.3 Å². The van der Waals surface area contributed by atoms with Crippen LogP contribution in [-0.4, -0.2) is 46.9 Å². The molecule has 0 atom stereocenters. The zero-order valence-corrected chi connectivity index (χ0v) is 12.6. The van der Waals surface area contributed by atoms with Crippen LogP contribution in [-0.2, 0) is 4.79 Å². The second-order valence-corrected chi connectivity index (χ2v) is 5.75. The lowest BCUT2D eigenvalue weighted by molar-refractivity contribution is -0.385. The molecule has 0 saturated carbocycles. The van der Waals surface area contributed by atoms with Crippen molar-refractivity contribution in [1.29, 1.82) is 0 Å². The van der Waals surface area contributed by atoms with E-state index in [-0.39, 0.29) is 18.1 Å². The molecule has 0 radical (unpaired) electrons. The summed E-state index contributed by atoms with van der Waals surface area (Å²) in [5.41, 5.74) is 0.690. The molecule has 7 heteroatoms. The van der Waals surface area contributed by atoms with Gasteiger partial charge in [0.15, 0.2) is 0 Å². The number of rotatable bonds is 4. The fourth-order valence-electron chi connectivity index (χ4n) is 2.51. The maximum absolute atomic E-state index is 12.1. The third kappa shape index (κ3) is 3.48. The molecule has 114 valence electrons. The van der Waals surface area contributed by atoms with E-state index in [9.17, 15) is 14.9 Å². The van der Waals surface area contributed by atoms with Crippen LogP contribution in [0.5, 0.6) is 0 Å². The van der Waals surface area contributed by atoms with E-state index in [0.29, 0.717) is 30.4 Å². The summed E-state index contributed by atoms with van der Waals surface area (Å²) in [5, 5.41) is 10.7. The first-order chi connectivity index (χ1) is 9.88. The Hall–Kier alpha value is -2.18. The van der Waals surface area contributed by atoms with E-state index in [2.05, 4.69) is 18.8 Å². The number of hydrogen-bond acceptors (Lipinski definition) is 5. The smallest absolute Gasteiger partial charge is 0.287 e. The lowest BCUT2D eigenvalue weighted by atomic mass is 10.1. The molecule has 0 N–H and O–H groups in total. The summed E-state index contributed by atoms with van der Waals surface area (Å²) in [4.78, 5) is 30.3. The molecule has 0 bridgehead atoms. The number of carbonyl (C=O) groups excluding carboxylic acids is 1. The van der Waals surface area contributed by atoms with Gasteiger partial charge in [-0.1, -0.05) is 13.8 Å². The number of aryl methyl sites for hydroxylation is 1. The fraction of sp³-hybridized carbons (Fsp3) is 0.571.